The van der Waals surface area contributed by atoms with Crippen molar-refractivity contribution in [3.05, 3.63) is 0 Å². The van der Waals surface area contributed by atoms with Gasteiger partial charge in [0.1, 0.15) is 0 Å². The van der Waals surface area contributed by atoms with Crippen molar-refractivity contribution >= 4 is 23.9 Å². The van der Waals surface area contributed by atoms with Gasteiger partial charge in [0.2, 0.25) is 0 Å². The first-order valence-electron chi connectivity index (χ1n) is 9.75. The minimum absolute atomic E-state index is 0. The molecular formula is C20H36Ni2O8. The molecule has 184 valence electrons. The second kappa shape index (κ2) is 38.5. The van der Waals surface area contributed by atoms with Gasteiger partial charge in [-0.3, -0.25) is 0 Å². The van der Waals surface area contributed by atoms with Gasteiger partial charge in [-0.1, -0.05) is 65.2 Å². The molecule has 0 heterocycles. The molecule has 0 aliphatic rings. The molecule has 0 rings (SSSR count). The first-order chi connectivity index (χ1) is 13.0. The standard InChI is InChI=1S/2C8H16O2.2C2H4O2.2Ni/c2*1-2-3-4-5-6-7-8(9)10;2*1-2(3)4;;/h2*2-7H2,1H3,(H,9,10);2*1H3,(H,3,4);;/q;;;;2*+2/p-4. The SMILES string of the molecule is CC(=O)[O-].CC(=O)[O-].CCCCCCCC(=O)[O-].CCCCCCCC(=O)[O-].[Ni+2].[Ni+2]. The summed E-state index contributed by atoms with van der Waals surface area (Å²) >= 11 is 0. The Morgan fingerprint density at radius 2 is 0.700 bits per heavy atom. The molecular weight excluding hydrogens is 486 g/mol. The number of carboxylic acids is 4. The number of unbranched alkanes of at least 4 members (excludes halogenated alkanes) is 8. The number of rotatable bonds is 12. The molecule has 0 saturated carbocycles. The molecule has 0 atom stereocenters. The topological polar surface area (TPSA) is 161 Å². The molecule has 0 spiro atoms. The van der Waals surface area contributed by atoms with Gasteiger partial charge in [-0.05, 0) is 39.5 Å². The van der Waals surface area contributed by atoms with E-state index in [0.29, 0.717) is 0 Å². The van der Waals surface area contributed by atoms with Crippen LogP contribution in [0, 0.1) is 0 Å². The summed E-state index contributed by atoms with van der Waals surface area (Å²) in [7, 11) is 0. The zero-order chi connectivity index (χ0) is 22.8. The zero-order valence-corrected chi connectivity index (χ0v) is 20.4. The number of aliphatic carboxylic acids is 4. The molecule has 0 aliphatic carbocycles. The van der Waals surface area contributed by atoms with Crippen LogP contribution in [0.1, 0.15) is 105 Å². The van der Waals surface area contributed by atoms with Crippen molar-refractivity contribution < 1.29 is 72.6 Å². The van der Waals surface area contributed by atoms with Gasteiger partial charge in [0.25, 0.3) is 0 Å². The van der Waals surface area contributed by atoms with E-state index in [1.54, 1.807) is 0 Å². The van der Waals surface area contributed by atoms with Gasteiger partial charge in [0, 0.05) is 23.9 Å². The van der Waals surface area contributed by atoms with Crippen molar-refractivity contribution in [1.29, 1.82) is 0 Å². The summed E-state index contributed by atoms with van der Waals surface area (Å²) in [5.41, 5.74) is 0. The van der Waals surface area contributed by atoms with Crippen molar-refractivity contribution in [2.24, 2.45) is 0 Å². The number of carbonyl (C=O) groups is 4. The van der Waals surface area contributed by atoms with Gasteiger partial charge in [0.15, 0.2) is 0 Å². The Labute approximate surface area is 201 Å². The Morgan fingerprint density at radius 3 is 0.867 bits per heavy atom. The van der Waals surface area contributed by atoms with Crippen LogP contribution in [0.25, 0.3) is 0 Å². The largest absolute Gasteiger partial charge is 2.00 e. The number of hydrogen-bond acceptors (Lipinski definition) is 8. The normalized spacial score (nSPS) is 8.13. The van der Waals surface area contributed by atoms with Crippen molar-refractivity contribution in [3.63, 3.8) is 0 Å². The van der Waals surface area contributed by atoms with E-state index in [-0.39, 0.29) is 45.8 Å². The van der Waals surface area contributed by atoms with E-state index in [4.69, 9.17) is 19.8 Å². The van der Waals surface area contributed by atoms with Crippen molar-refractivity contribution in [2.45, 2.75) is 105 Å². The molecule has 0 aromatic heterocycles. The minimum atomic E-state index is -1.08. The van der Waals surface area contributed by atoms with Crippen LogP contribution in [0.5, 0.6) is 0 Å². The van der Waals surface area contributed by atoms with E-state index in [2.05, 4.69) is 13.8 Å². The Balaban J connectivity index is -0.0000000678. The van der Waals surface area contributed by atoms with E-state index >= 15 is 0 Å². The third kappa shape index (κ3) is 109. The second-order valence-electron chi connectivity index (χ2n) is 6.06. The molecule has 0 aromatic carbocycles. The first-order valence-corrected chi connectivity index (χ1v) is 9.75. The van der Waals surface area contributed by atoms with Crippen LogP contribution in [0.2, 0.25) is 0 Å². The summed E-state index contributed by atoms with van der Waals surface area (Å²) in [6.45, 7) is 6.22. The Kier molecular flexibility index (Phi) is 55.0. The van der Waals surface area contributed by atoms with Crippen molar-refractivity contribution in [1.82, 2.24) is 0 Å². The van der Waals surface area contributed by atoms with Crippen LogP contribution in [0.3, 0.4) is 0 Å². The molecule has 0 radical (unpaired) electrons. The molecule has 0 amide bonds. The zero-order valence-electron chi connectivity index (χ0n) is 18.4. The summed E-state index contributed by atoms with van der Waals surface area (Å²) in [4.78, 5) is 37.6. The smallest absolute Gasteiger partial charge is 0.550 e. The maximum atomic E-state index is 9.92. The molecule has 0 unspecified atom stereocenters. The predicted molar refractivity (Wildman–Crippen MR) is 98.1 cm³/mol. The van der Waals surface area contributed by atoms with Crippen LogP contribution in [0.15, 0.2) is 0 Å². The van der Waals surface area contributed by atoms with Gasteiger partial charge < -0.3 is 39.6 Å². The Morgan fingerprint density at radius 1 is 0.500 bits per heavy atom. The van der Waals surface area contributed by atoms with Crippen LogP contribution >= 0.6 is 0 Å². The molecule has 0 aliphatic heterocycles. The second-order valence-corrected chi connectivity index (χ2v) is 6.06. The monoisotopic (exact) mass is 520 g/mol. The van der Waals surface area contributed by atoms with Crippen molar-refractivity contribution in [3.8, 4) is 0 Å². The van der Waals surface area contributed by atoms with Gasteiger partial charge in [-0.15, -0.1) is 0 Å². The average Bonchev–Trinajstić information content (AvgIpc) is 2.53. The maximum absolute atomic E-state index is 9.92. The van der Waals surface area contributed by atoms with Crippen molar-refractivity contribution in [2.75, 3.05) is 0 Å². The number of carboxylic acid groups (broad SMARTS) is 4. The van der Waals surface area contributed by atoms with E-state index in [0.717, 1.165) is 52.4 Å². The van der Waals surface area contributed by atoms with Crippen LogP contribution in [-0.4, -0.2) is 23.9 Å². The quantitative estimate of drug-likeness (QED) is 0.250. The predicted octanol–water partition coefficient (Wildman–Crippen LogP) is -0.299. The van der Waals surface area contributed by atoms with Gasteiger partial charge >= 0.3 is 33.0 Å². The number of carbonyl (C=O) groups excluding carboxylic acids is 4. The third-order valence-electron chi connectivity index (χ3n) is 2.97. The molecule has 0 N–H and O–H groups in total. The Hall–Kier alpha value is -1.13. The van der Waals surface area contributed by atoms with E-state index in [1.807, 2.05) is 0 Å². The summed E-state index contributed by atoms with van der Waals surface area (Å²) < 4.78 is 0. The van der Waals surface area contributed by atoms with Crippen LogP contribution < -0.4 is 20.4 Å². The minimum Gasteiger partial charge on any atom is -0.550 e. The summed E-state index contributed by atoms with van der Waals surface area (Å²) in [6.07, 6.45) is 11.2. The maximum Gasteiger partial charge on any atom is 2.00 e. The molecule has 10 heteroatoms. The molecule has 0 aromatic rings. The van der Waals surface area contributed by atoms with E-state index < -0.39 is 23.9 Å². The Bertz CT molecular complexity index is 347. The fraction of sp³-hybridized carbons (Fsp3) is 0.800. The van der Waals surface area contributed by atoms with Crippen LogP contribution in [-0.2, 0) is 52.2 Å². The summed E-state index contributed by atoms with van der Waals surface area (Å²) in [5, 5.41) is 37.6. The molecule has 30 heavy (non-hydrogen) atoms. The van der Waals surface area contributed by atoms with Gasteiger partial charge in [-0.25, -0.2) is 0 Å². The van der Waals surface area contributed by atoms with Crippen LogP contribution in [0.4, 0.5) is 0 Å². The van der Waals surface area contributed by atoms with Gasteiger partial charge in [0.05, 0.1) is 0 Å². The fourth-order valence-electron chi connectivity index (χ4n) is 1.75. The van der Waals surface area contributed by atoms with Gasteiger partial charge in [-0.2, -0.15) is 0 Å². The third-order valence-corrected chi connectivity index (χ3v) is 2.97. The molecule has 0 bridgehead atoms. The molecule has 8 nitrogen and oxygen atoms in total. The molecule has 0 fully saturated rings. The molecule has 0 saturated heterocycles. The fourth-order valence-corrected chi connectivity index (χ4v) is 1.75. The number of hydrogen-bond donors (Lipinski definition) is 0. The van der Waals surface area contributed by atoms with E-state index in [1.165, 1.54) is 25.7 Å². The summed E-state index contributed by atoms with van der Waals surface area (Å²) in [5.74, 6) is -4.01. The first kappa shape index (κ1) is 42.9. The van der Waals surface area contributed by atoms with E-state index in [9.17, 15) is 19.8 Å². The average molecular weight is 522 g/mol. The summed E-state index contributed by atoms with van der Waals surface area (Å²) in [6, 6.07) is 0.